The second kappa shape index (κ2) is 3.44. The topological polar surface area (TPSA) is 29.4 Å². The van der Waals surface area contributed by atoms with Crippen LogP contribution in [0, 0.1) is 0 Å². The number of benzene rings is 2. The number of isocyanates is 1. The quantitative estimate of drug-likeness (QED) is 0.522. The van der Waals surface area contributed by atoms with Gasteiger partial charge in [0.25, 0.3) is 0 Å². The Hall–Kier alpha value is -2.18. The molecule has 0 aromatic heterocycles. The molecule has 0 N–H and O–H groups in total. The smallest absolute Gasteiger partial charge is 0.211 e. The lowest BCUT2D eigenvalue weighted by Crippen LogP contribution is -1.91. The van der Waals surface area contributed by atoms with E-state index < -0.39 is 0 Å². The van der Waals surface area contributed by atoms with Gasteiger partial charge in [0.1, 0.15) is 6.04 Å². The van der Waals surface area contributed by atoms with Gasteiger partial charge >= 0.3 is 0 Å². The minimum Gasteiger partial charge on any atom is -0.211 e. The molecule has 2 aromatic carbocycles. The van der Waals surface area contributed by atoms with Crippen LogP contribution >= 0.6 is 0 Å². The van der Waals surface area contributed by atoms with Crippen LogP contribution in [0.15, 0.2) is 53.5 Å². The second-order valence-corrected chi connectivity index (χ2v) is 3.80. The molecule has 76 valence electrons. The molecular formula is C14H9NO. The molecule has 0 bridgehead atoms. The van der Waals surface area contributed by atoms with Crippen molar-refractivity contribution in [3.63, 3.8) is 0 Å². The Morgan fingerprint density at radius 2 is 1.38 bits per heavy atom. The molecule has 3 rings (SSSR count). The van der Waals surface area contributed by atoms with Gasteiger partial charge in [-0.3, -0.25) is 0 Å². The Balaban J connectivity index is 2.33. The highest BCUT2D eigenvalue weighted by Crippen LogP contribution is 2.44. The Morgan fingerprint density at radius 3 is 1.88 bits per heavy atom. The fourth-order valence-corrected chi connectivity index (χ4v) is 2.32. The monoisotopic (exact) mass is 207 g/mol. The van der Waals surface area contributed by atoms with Gasteiger partial charge in [0.2, 0.25) is 6.08 Å². The first-order valence-electron chi connectivity index (χ1n) is 5.17. The van der Waals surface area contributed by atoms with Crippen LogP contribution < -0.4 is 0 Å². The lowest BCUT2D eigenvalue weighted by molar-refractivity contribution is 0.561. The Bertz CT molecular complexity index is 552. The molecule has 0 atom stereocenters. The van der Waals surface area contributed by atoms with Crippen LogP contribution in [-0.2, 0) is 4.79 Å². The summed E-state index contributed by atoms with van der Waals surface area (Å²) in [6.07, 6.45) is 1.67. The molecule has 0 radical (unpaired) electrons. The zero-order valence-corrected chi connectivity index (χ0v) is 8.55. The van der Waals surface area contributed by atoms with Gasteiger partial charge < -0.3 is 0 Å². The fourth-order valence-electron chi connectivity index (χ4n) is 2.32. The fraction of sp³-hybridized carbons (Fsp3) is 0.0714. The summed E-state index contributed by atoms with van der Waals surface area (Å²) in [7, 11) is 0. The van der Waals surface area contributed by atoms with Gasteiger partial charge in [-0.2, -0.15) is 4.99 Å². The SMILES string of the molecule is O=C=NC1c2ccccc2-c2ccccc21. The van der Waals surface area contributed by atoms with Gasteiger partial charge in [-0.15, -0.1) is 0 Å². The molecule has 2 aromatic rings. The molecule has 0 amide bonds. The van der Waals surface area contributed by atoms with E-state index >= 15 is 0 Å². The first kappa shape index (κ1) is 9.08. The molecule has 0 fully saturated rings. The molecule has 1 aliphatic rings. The van der Waals surface area contributed by atoms with Crippen molar-refractivity contribution in [3.8, 4) is 11.1 Å². The first-order chi connectivity index (χ1) is 7.92. The summed E-state index contributed by atoms with van der Waals surface area (Å²) in [6, 6.07) is 15.9. The van der Waals surface area contributed by atoms with Crippen molar-refractivity contribution in [1.29, 1.82) is 0 Å². The van der Waals surface area contributed by atoms with Crippen LogP contribution in [-0.4, -0.2) is 6.08 Å². The third kappa shape index (κ3) is 1.14. The van der Waals surface area contributed by atoms with Crippen molar-refractivity contribution in [3.05, 3.63) is 59.7 Å². The highest BCUT2D eigenvalue weighted by Gasteiger charge is 2.27. The molecular weight excluding hydrogens is 198 g/mol. The normalized spacial score (nSPS) is 12.8. The molecule has 2 nitrogen and oxygen atoms in total. The van der Waals surface area contributed by atoms with E-state index in [-0.39, 0.29) is 6.04 Å². The maximum absolute atomic E-state index is 10.5. The largest absolute Gasteiger partial charge is 0.235 e. The average molecular weight is 207 g/mol. The highest BCUT2D eigenvalue weighted by molar-refractivity contribution is 5.78. The van der Waals surface area contributed by atoms with Gasteiger partial charge in [0.05, 0.1) is 0 Å². The summed E-state index contributed by atoms with van der Waals surface area (Å²) in [5.74, 6) is 0. The Labute approximate surface area is 93.3 Å². The summed E-state index contributed by atoms with van der Waals surface area (Å²) in [4.78, 5) is 14.4. The second-order valence-electron chi connectivity index (χ2n) is 3.80. The van der Waals surface area contributed by atoms with E-state index in [1.165, 1.54) is 11.1 Å². The van der Waals surface area contributed by atoms with Crippen LogP contribution in [0.5, 0.6) is 0 Å². The molecule has 0 saturated heterocycles. The number of hydrogen-bond donors (Lipinski definition) is 0. The van der Waals surface area contributed by atoms with Gasteiger partial charge in [0, 0.05) is 0 Å². The van der Waals surface area contributed by atoms with E-state index in [0.717, 1.165) is 11.1 Å². The molecule has 16 heavy (non-hydrogen) atoms. The molecule has 1 aliphatic carbocycles. The first-order valence-corrected chi connectivity index (χ1v) is 5.17. The third-order valence-electron chi connectivity index (χ3n) is 2.98. The molecule has 0 saturated carbocycles. The van der Waals surface area contributed by atoms with Crippen molar-refractivity contribution in [2.75, 3.05) is 0 Å². The van der Waals surface area contributed by atoms with E-state index in [1.54, 1.807) is 6.08 Å². The van der Waals surface area contributed by atoms with Crippen molar-refractivity contribution < 1.29 is 4.79 Å². The van der Waals surface area contributed by atoms with Gasteiger partial charge in [-0.25, -0.2) is 4.79 Å². The van der Waals surface area contributed by atoms with Crippen LogP contribution in [0.2, 0.25) is 0 Å². The predicted molar refractivity (Wildman–Crippen MR) is 61.8 cm³/mol. The van der Waals surface area contributed by atoms with E-state index in [1.807, 2.05) is 36.4 Å². The van der Waals surface area contributed by atoms with Gasteiger partial charge in [-0.05, 0) is 22.3 Å². The maximum Gasteiger partial charge on any atom is 0.235 e. The number of nitrogens with zero attached hydrogens (tertiary/aromatic N) is 1. The summed E-state index contributed by atoms with van der Waals surface area (Å²) in [5.41, 5.74) is 4.52. The number of aliphatic imine (C=N–C) groups is 1. The molecule has 2 heteroatoms. The lowest BCUT2D eigenvalue weighted by atomic mass is 10.1. The third-order valence-corrected chi connectivity index (χ3v) is 2.98. The van der Waals surface area contributed by atoms with Gasteiger partial charge in [0.15, 0.2) is 0 Å². The number of rotatable bonds is 1. The minimum absolute atomic E-state index is 0.176. The van der Waals surface area contributed by atoms with Crippen molar-refractivity contribution in [2.45, 2.75) is 6.04 Å². The molecule has 0 aliphatic heterocycles. The van der Waals surface area contributed by atoms with Crippen LogP contribution in [0.25, 0.3) is 11.1 Å². The Morgan fingerprint density at radius 1 is 0.875 bits per heavy atom. The summed E-state index contributed by atoms with van der Waals surface area (Å²) < 4.78 is 0. The number of hydrogen-bond acceptors (Lipinski definition) is 2. The standard InChI is InChI=1S/C14H9NO/c16-9-15-14-12-7-3-1-5-10(12)11-6-2-4-8-13(11)14/h1-8,14H. The van der Waals surface area contributed by atoms with E-state index in [4.69, 9.17) is 0 Å². The van der Waals surface area contributed by atoms with Crippen molar-refractivity contribution >= 4 is 6.08 Å². The predicted octanol–water partition coefficient (Wildman–Crippen LogP) is 3.09. The summed E-state index contributed by atoms with van der Waals surface area (Å²) in [5, 5.41) is 0. The van der Waals surface area contributed by atoms with Crippen LogP contribution in [0.3, 0.4) is 0 Å². The average Bonchev–Trinajstić information content (AvgIpc) is 2.66. The van der Waals surface area contributed by atoms with E-state index in [0.29, 0.717) is 0 Å². The number of fused-ring (bicyclic) bond motifs is 3. The van der Waals surface area contributed by atoms with Crippen LogP contribution in [0.4, 0.5) is 0 Å². The minimum atomic E-state index is -0.176. The Kier molecular flexibility index (Phi) is 1.95. The van der Waals surface area contributed by atoms with Crippen LogP contribution in [0.1, 0.15) is 17.2 Å². The zero-order chi connectivity index (χ0) is 11.0. The van der Waals surface area contributed by atoms with Crippen molar-refractivity contribution in [1.82, 2.24) is 0 Å². The summed E-state index contributed by atoms with van der Waals surface area (Å²) in [6.45, 7) is 0. The molecule has 0 unspecified atom stereocenters. The highest BCUT2D eigenvalue weighted by atomic mass is 16.1. The molecule has 0 heterocycles. The number of carbonyl (C=O) groups excluding carboxylic acids is 1. The lowest BCUT2D eigenvalue weighted by Gasteiger charge is -2.04. The zero-order valence-electron chi connectivity index (χ0n) is 8.55. The molecule has 0 spiro atoms. The van der Waals surface area contributed by atoms with Gasteiger partial charge in [-0.1, -0.05) is 48.5 Å². The van der Waals surface area contributed by atoms with E-state index in [9.17, 15) is 4.79 Å². The van der Waals surface area contributed by atoms with Crippen molar-refractivity contribution in [2.24, 2.45) is 4.99 Å². The summed E-state index contributed by atoms with van der Waals surface area (Å²) >= 11 is 0. The van der Waals surface area contributed by atoms with E-state index in [2.05, 4.69) is 17.1 Å². The maximum atomic E-state index is 10.5.